The zero-order valence-corrected chi connectivity index (χ0v) is 9.67. The van der Waals surface area contributed by atoms with Crippen LogP contribution in [0.4, 0.5) is 4.39 Å². The molecule has 16 heavy (non-hydrogen) atoms. The molecule has 0 bridgehead atoms. The highest BCUT2D eigenvalue weighted by Crippen LogP contribution is 2.64. The fourth-order valence-electron chi connectivity index (χ4n) is 2.46. The molecule has 1 aromatic rings. The lowest BCUT2D eigenvalue weighted by Gasteiger charge is -2.16. The van der Waals surface area contributed by atoms with Crippen molar-refractivity contribution >= 4 is 5.97 Å². The maximum absolute atomic E-state index is 13.5. The van der Waals surface area contributed by atoms with E-state index in [0.717, 1.165) is 0 Å². The highest BCUT2D eigenvalue weighted by atomic mass is 19.1. The smallest absolute Gasteiger partial charge is 0.314 e. The van der Waals surface area contributed by atoms with Crippen molar-refractivity contribution in [2.24, 2.45) is 5.41 Å². The Bertz CT molecular complexity index is 465. The number of hydrogen-bond donors (Lipinski definition) is 1. The minimum Gasteiger partial charge on any atom is -0.481 e. The summed E-state index contributed by atoms with van der Waals surface area (Å²) >= 11 is 0. The van der Waals surface area contributed by atoms with Crippen molar-refractivity contribution < 1.29 is 14.3 Å². The van der Waals surface area contributed by atoms with E-state index < -0.39 is 11.4 Å². The predicted molar refractivity (Wildman–Crippen MR) is 58.8 cm³/mol. The van der Waals surface area contributed by atoms with Crippen molar-refractivity contribution in [1.29, 1.82) is 0 Å². The third-order valence-electron chi connectivity index (χ3n) is 3.77. The molecule has 1 fully saturated rings. The number of hydrogen-bond acceptors (Lipinski definition) is 1. The van der Waals surface area contributed by atoms with Gasteiger partial charge in [0.2, 0.25) is 0 Å². The van der Waals surface area contributed by atoms with Gasteiger partial charge >= 0.3 is 5.97 Å². The van der Waals surface area contributed by atoms with Crippen LogP contribution < -0.4 is 0 Å². The molecule has 0 amide bonds. The van der Waals surface area contributed by atoms with E-state index in [4.69, 9.17) is 0 Å². The summed E-state index contributed by atoms with van der Waals surface area (Å²) in [4.78, 5) is 11.4. The van der Waals surface area contributed by atoms with Gasteiger partial charge in [0.15, 0.2) is 0 Å². The lowest BCUT2D eigenvalue weighted by atomic mass is 9.87. The first kappa shape index (κ1) is 11.1. The highest BCUT2D eigenvalue weighted by Gasteiger charge is 2.67. The Morgan fingerprint density at radius 2 is 2.00 bits per heavy atom. The number of carboxylic acids is 1. The van der Waals surface area contributed by atoms with Crippen molar-refractivity contribution in [3.8, 4) is 0 Å². The van der Waals surface area contributed by atoms with E-state index in [0.29, 0.717) is 17.5 Å². The van der Waals surface area contributed by atoms with Gasteiger partial charge in [-0.2, -0.15) is 0 Å². The topological polar surface area (TPSA) is 37.3 Å². The number of aliphatic carboxylic acids is 1. The average molecular weight is 222 g/mol. The molecule has 3 heteroatoms. The van der Waals surface area contributed by atoms with Crippen LogP contribution in [0.3, 0.4) is 0 Å². The fraction of sp³-hybridized carbons (Fsp3) is 0.462. The lowest BCUT2D eigenvalue weighted by Crippen LogP contribution is -2.25. The van der Waals surface area contributed by atoms with Crippen LogP contribution in [0.15, 0.2) is 18.2 Å². The molecule has 86 valence electrons. The van der Waals surface area contributed by atoms with Gasteiger partial charge in [-0.05, 0) is 36.0 Å². The monoisotopic (exact) mass is 222 g/mol. The van der Waals surface area contributed by atoms with Crippen molar-refractivity contribution in [1.82, 2.24) is 0 Å². The number of carboxylic acid groups (broad SMARTS) is 1. The Balaban J connectivity index is 2.51. The molecule has 1 aromatic carbocycles. The molecule has 2 rings (SSSR count). The summed E-state index contributed by atoms with van der Waals surface area (Å²) in [6, 6.07) is 4.73. The molecule has 0 heterocycles. The van der Waals surface area contributed by atoms with Crippen LogP contribution in [0, 0.1) is 18.2 Å². The zero-order valence-electron chi connectivity index (χ0n) is 9.67. The summed E-state index contributed by atoms with van der Waals surface area (Å²) in [5.74, 6) is -1.19. The molecule has 0 radical (unpaired) electrons. The zero-order chi connectivity index (χ0) is 12.1. The van der Waals surface area contributed by atoms with Gasteiger partial charge < -0.3 is 5.11 Å². The van der Waals surface area contributed by atoms with Crippen LogP contribution in [0.5, 0.6) is 0 Å². The number of benzene rings is 1. The van der Waals surface area contributed by atoms with Crippen LogP contribution >= 0.6 is 0 Å². The quantitative estimate of drug-likeness (QED) is 0.835. The maximum atomic E-state index is 13.5. The van der Waals surface area contributed by atoms with Gasteiger partial charge in [-0.1, -0.05) is 26.0 Å². The second-order valence-corrected chi connectivity index (χ2v) is 5.24. The third-order valence-corrected chi connectivity index (χ3v) is 3.77. The SMILES string of the molecule is Cc1ccc(C2(C(=O)O)CC2(C)C)cc1F. The van der Waals surface area contributed by atoms with E-state index in [1.807, 2.05) is 13.8 Å². The van der Waals surface area contributed by atoms with Crippen LogP contribution in [0.1, 0.15) is 31.4 Å². The van der Waals surface area contributed by atoms with Crippen LogP contribution in [-0.4, -0.2) is 11.1 Å². The van der Waals surface area contributed by atoms with Crippen molar-refractivity contribution in [2.45, 2.75) is 32.6 Å². The summed E-state index contributed by atoms with van der Waals surface area (Å²) in [6.45, 7) is 5.47. The molecule has 1 N–H and O–H groups in total. The predicted octanol–water partition coefficient (Wildman–Crippen LogP) is 2.89. The molecular weight excluding hydrogens is 207 g/mol. The minimum atomic E-state index is -0.901. The molecule has 1 aliphatic carbocycles. The highest BCUT2D eigenvalue weighted by molar-refractivity contribution is 5.87. The number of aryl methyl sites for hydroxylation is 1. The summed E-state index contributed by atoms with van der Waals surface area (Å²) < 4.78 is 13.5. The molecule has 1 atom stereocenters. The van der Waals surface area contributed by atoms with Gasteiger partial charge in [0, 0.05) is 0 Å². The first-order valence-electron chi connectivity index (χ1n) is 5.31. The van der Waals surface area contributed by atoms with E-state index >= 15 is 0 Å². The molecular formula is C13H15FO2. The summed E-state index contributed by atoms with van der Waals surface area (Å²) in [5.41, 5.74) is -0.0712. The van der Waals surface area contributed by atoms with Gasteiger partial charge in [0.25, 0.3) is 0 Å². The Hall–Kier alpha value is -1.38. The number of rotatable bonds is 2. The third kappa shape index (κ3) is 1.27. The molecule has 1 saturated carbocycles. The van der Waals surface area contributed by atoms with Crippen molar-refractivity contribution in [3.63, 3.8) is 0 Å². The molecule has 1 unspecified atom stereocenters. The second kappa shape index (κ2) is 3.06. The van der Waals surface area contributed by atoms with Crippen LogP contribution in [0.2, 0.25) is 0 Å². The number of halogens is 1. The standard InChI is InChI=1S/C13H15FO2/c1-8-4-5-9(6-10(8)14)13(11(15)16)7-12(13,2)3/h4-6H,7H2,1-3H3,(H,15,16). The van der Waals surface area contributed by atoms with Crippen LogP contribution in [0.25, 0.3) is 0 Å². The van der Waals surface area contributed by atoms with Gasteiger partial charge in [0.05, 0.1) is 5.41 Å². The normalized spacial score (nSPS) is 26.5. The van der Waals surface area contributed by atoms with Crippen molar-refractivity contribution in [2.75, 3.05) is 0 Å². The summed E-state index contributed by atoms with van der Waals surface area (Å²) in [7, 11) is 0. The Morgan fingerprint density at radius 3 is 2.38 bits per heavy atom. The van der Waals surface area contributed by atoms with E-state index in [1.165, 1.54) is 6.07 Å². The Morgan fingerprint density at radius 1 is 1.44 bits per heavy atom. The first-order chi connectivity index (χ1) is 7.31. The first-order valence-corrected chi connectivity index (χ1v) is 5.31. The maximum Gasteiger partial charge on any atom is 0.314 e. The lowest BCUT2D eigenvalue weighted by molar-refractivity contribution is -0.141. The summed E-state index contributed by atoms with van der Waals surface area (Å²) in [6.07, 6.45) is 0.567. The summed E-state index contributed by atoms with van der Waals surface area (Å²) in [5, 5.41) is 9.33. The molecule has 2 nitrogen and oxygen atoms in total. The Labute approximate surface area is 94.1 Å². The fourth-order valence-corrected chi connectivity index (χ4v) is 2.46. The van der Waals surface area contributed by atoms with Gasteiger partial charge in [-0.15, -0.1) is 0 Å². The van der Waals surface area contributed by atoms with Gasteiger partial charge in [-0.3, -0.25) is 4.79 Å². The van der Waals surface area contributed by atoms with E-state index in [-0.39, 0.29) is 11.2 Å². The average Bonchev–Trinajstić information content (AvgIpc) is 2.75. The van der Waals surface area contributed by atoms with E-state index in [2.05, 4.69) is 0 Å². The van der Waals surface area contributed by atoms with E-state index in [1.54, 1.807) is 19.1 Å². The molecule has 0 spiro atoms. The van der Waals surface area contributed by atoms with E-state index in [9.17, 15) is 14.3 Å². The molecule has 0 aliphatic heterocycles. The number of carbonyl (C=O) groups is 1. The molecule has 1 aliphatic rings. The van der Waals surface area contributed by atoms with Gasteiger partial charge in [-0.25, -0.2) is 4.39 Å². The molecule has 0 aromatic heterocycles. The second-order valence-electron chi connectivity index (χ2n) is 5.24. The van der Waals surface area contributed by atoms with Crippen LogP contribution in [-0.2, 0) is 10.2 Å². The van der Waals surface area contributed by atoms with Gasteiger partial charge in [0.1, 0.15) is 5.82 Å². The largest absolute Gasteiger partial charge is 0.481 e. The minimum absolute atomic E-state index is 0.291. The van der Waals surface area contributed by atoms with Crippen molar-refractivity contribution in [3.05, 3.63) is 35.1 Å². The molecule has 0 saturated heterocycles. The Kier molecular flexibility index (Phi) is 2.13.